The first-order valence-electron chi connectivity index (χ1n) is 5.05. The smallest absolute Gasteiger partial charge is 0.266 e. The molecule has 5 nitrogen and oxygen atoms in total. The summed E-state index contributed by atoms with van der Waals surface area (Å²) in [5, 5.41) is 3.22. The van der Waals surface area contributed by atoms with Crippen molar-refractivity contribution in [3.8, 4) is 0 Å². The van der Waals surface area contributed by atoms with Gasteiger partial charge in [0.15, 0.2) is 0 Å². The monoisotopic (exact) mass is 337 g/mol. The summed E-state index contributed by atoms with van der Waals surface area (Å²) in [5.41, 5.74) is -0.127. The molecule has 0 amide bonds. The van der Waals surface area contributed by atoms with Crippen LogP contribution in [0.25, 0.3) is 0 Å². The minimum absolute atomic E-state index is 0.127. The van der Waals surface area contributed by atoms with E-state index in [1.165, 1.54) is 6.33 Å². The van der Waals surface area contributed by atoms with Crippen molar-refractivity contribution in [1.82, 2.24) is 9.97 Å². The predicted molar refractivity (Wildman–Crippen MR) is 71.7 cm³/mol. The van der Waals surface area contributed by atoms with Crippen LogP contribution in [0.1, 0.15) is 13.8 Å². The lowest BCUT2D eigenvalue weighted by Crippen LogP contribution is -2.32. The van der Waals surface area contributed by atoms with Crippen LogP contribution in [0, 0.1) is 9.49 Å². The van der Waals surface area contributed by atoms with E-state index in [0.29, 0.717) is 21.9 Å². The van der Waals surface area contributed by atoms with Gasteiger partial charge in [-0.1, -0.05) is 13.8 Å². The molecule has 1 atom stereocenters. The maximum atomic E-state index is 11.4. The number of rotatable bonds is 5. The van der Waals surface area contributed by atoms with E-state index in [1.807, 2.05) is 22.6 Å². The Morgan fingerprint density at radius 1 is 1.62 bits per heavy atom. The summed E-state index contributed by atoms with van der Waals surface area (Å²) in [6, 6.07) is 0.146. The van der Waals surface area contributed by atoms with Crippen LogP contribution in [0.3, 0.4) is 0 Å². The fraction of sp³-hybridized carbons (Fsp3) is 0.600. The number of hydrogen-bond acceptors (Lipinski definition) is 4. The minimum atomic E-state index is -0.127. The molecule has 1 rings (SSSR count). The first-order valence-corrected chi connectivity index (χ1v) is 6.12. The zero-order chi connectivity index (χ0) is 12.1. The van der Waals surface area contributed by atoms with Crippen molar-refractivity contribution in [3.63, 3.8) is 0 Å². The van der Waals surface area contributed by atoms with E-state index in [1.54, 1.807) is 7.11 Å². The fourth-order valence-corrected chi connectivity index (χ4v) is 1.69. The molecule has 90 valence electrons. The summed E-state index contributed by atoms with van der Waals surface area (Å²) in [7, 11) is 1.66. The normalized spacial score (nSPS) is 12.8. The van der Waals surface area contributed by atoms with Crippen molar-refractivity contribution >= 4 is 28.4 Å². The number of nitrogens with zero attached hydrogens (tertiary/aromatic N) is 1. The number of aromatic amines is 1. The van der Waals surface area contributed by atoms with E-state index < -0.39 is 0 Å². The van der Waals surface area contributed by atoms with Crippen molar-refractivity contribution in [2.45, 2.75) is 19.9 Å². The van der Waals surface area contributed by atoms with Crippen molar-refractivity contribution in [1.29, 1.82) is 0 Å². The second-order valence-corrected chi connectivity index (χ2v) is 4.92. The van der Waals surface area contributed by atoms with Gasteiger partial charge in [-0.05, 0) is 28.5 Å². The zero-order valence-corrected chi connectivity index (χ0v) is 11.7. The predicted octanol–water partition coefficient (Wildman–Crippen LogP) is 1.46. The van der Waals surface area contributed by atoms with E-state index in [4.69, 9.17) is 4.74 Å². The first-order chi connectivity index (χ1) is 7.56. The summed E-state index contributed by atoms with van der Waals surface area (Å²) >= 11 is 1.98. The van der Waals surface area contributed by atoms with E-state index in [9.17, 15) is 4.79 Å². The molecule has 6 heteroatoms. The van der Waals surface area contributed by atoms with Crippen LogP contribution in [0.4, 0.5) is 5.82 Å². The van der Waals surface area contributed by atoms with Gasteiger partial charge in [-0.3, -0.25) is 4.79 Å². The number of hydrogen-bond donors (Lipinski definition) is 2. The average Bonchev–Trinajstić information content (AvgIpc) is 2.23. The van der Waals surface area contributed by atoms with Gasteiger partial charge in [0, 0.05) is 7.11 Å². The van der Waals surface area contributed by atoms with Crippen molar-refractivity contribution in [3.05, 3.63) is 20.3 Å². The second-order valence-electron chi connectivity index (χ2n) is 3.84. The number of ether oxygens (including phenoxy) is 1. The summed E-state index contributed by atoms with van der Waals surface area (Å²) in [6.07, 6.45) is 1.40. The molecule has 1 aromatic rings. The molecule has 0 aliphatic heterocycles. The van der Waals surface area contributed by atoms with Gasteiger partial charge in [0.2, 0.25) is 0 Å². The Kier molecular flexibility index (Phi) is 5.20. The molecule has 0 aliphatic carbocycles. The maximum Gasteiger partial charge on any atom is 0.266 e. The molecule has 0 saturated carbocycles. The Morgan fingerprint density at radius 2 is 2.31 bits per heavy atom. The number of aromatic nitrogens is 2. The highest BCUT2D eigenvalue weighted by atomic mass is 127. The SMILES string of the molecule is COCC(Nc1nc[nH]c(=O)c1I)C(C)C. The van der Waals surface area contributed by atoms with Gasteiger partial charge in [0.1, 0.15) is 9.39 Å². The number of anilines is 1. The number of halogens is 1. The molecule has 16 heavy (non-hydrogen) atoms. The van der Waals surface area contributed by atoms with Gasteiger partial charge < -0.3 is 15.0 Å². The van der Waals surface area contributed by atoms with Crippen LogP contribution >= 0.6 is 22.6 Å². The molecular weight excluding hydrogens is 321 g/mol. The molecule has 0 fully saturated rings. The van der Waals surface area contributed by atoms with Gasteiger partial charge in [0.25, 0.3) is 5.56 Å². The van der Waals surface area contributed by atoms with Crippen LogP contribution in [0.5, 0.6) is 0 Å². The molecule has 1 unspecified atom stereocenters. The lowest BCUT2D eigenvalue weighted by Gasteiger charge is -2.22. The van der Waals surface area contributed by atoms with E-state index in [2.05, 4.69) is 29.1 Å². The van der Waals surface area contributed by atoms with E-state index >= 15 is 0 Å². The Hall–Kier alpha value is -0.630. The lowest BCUT2D eigenvalue weighted by atomic mass is 10.1. The molecule has 1 heterocycles. The summed E-state index contributed by atoms with van der Waals surface area (Å²) in [5.74, 6) is 1.01. The highest BCUT2D eigenvalue weighted by molar-refractivity contribution is 14.1. The van der Waals surface area contributed by atoms with Crippen LogP contribution in [-0.4, -0.2) is 29.7 Å². The van der Waals surface area contributed by atoms with Crippen LogP contribution in [-0.2, 0) is 4.74 Å². The lowest BCUT2D eigenvalue weighted by molar-refractivity contribution is 0.171. The Labute approximate surface area is 108 Å². The van der Waals surface area contributed by atoms with E-state index in [0.717, 1.165) is 0 Å². The minimum Gasteiger partial charge on any atom is -0.383 e. The van der Waals surface area contributed by atoms with Crippen LogP contribution in [0.15, 0.2) is 11.1 Å². The molecular formula is C10H16IN3O2. The third kappa shape index (κ3) is 3.44. The molecule has 0 aromatic carbocycles. The zero-order valence-electron chi connectivity index (χ0n) is 9.58. The summed E-state index contributed by atoms with van der Waals surface area (Å²) in [6.45, 7) is 4.77. The van der Waals surface area contributed by atoms with Crippen molar-refractivity contribution < 1.29 is 4.74 Å². The first kappa shape index (κ1) is 13.4. The van der Waals surface area contributed by atoms with Crippen molar-refractivity contribution in [2.24, 2.45) is 5.92 Å². The van der Waals surface area contributed by atoms with Gasteiger partial charge in [-0.2, -0.15) is 0 Å². The molecule has 0 bridgehead atoms. The van der Waals surface area contributed by atoms with E-state index in [-0.39, 0.29) is 11.6 Å². The summed E-state index contributed by atoms with van der Waals surface area (Å²) in [4.78, 5) is 18.0. The summed E-state index contributed by atoms with van der Waals surface area (Å²) < 4.78 is 5.70. The van der Waals surface area contributed by atoms with Gasteiger partial charge in [0.05, 0.1) is 19.0 Å². The third-order valence-electron chi connectivity index (χ3n) is 2.27. The fourth-order valence-electron chi connectivity index (χ4n) is 1.24. The Morgan fingerprint density at radius 3 is 2.88 bits per heavy atom. The quantitative estimate of drug-likeness (QED) is 0.799. The van der Waals surface area contributed by atoms with Gasteiger partial charge >= 0.3 is 0 Å². The molecule has 0 spiro atoms. The molecule has 0 aliphatic rings. The Bertz CT molecular complexity index is 392. The number of methoxy groups -OCH3 is 1. The number of nitrogens with one attached hydrogen (secondary N) is 2. The molecule has 0 radical (unpaired) electrons. The standard InChI is InChI=1S/C10H16IN3O2/c1-6(2)7(4-16-3)14-9-8(11)10(15)13-5-12-9/h5-7H,4H2,1-3H3,(H2,12,13,14,15). The maximum absolute atomic E-state index is 11.4. The second kappa shape index (κ2) is 6.19. The molecule has 1 aromatic heterocycles. The highest BCUT2D eigenvalue weighted by Crippen LogP contribution is 2.14. The Balaban J connectivity index is 2.85. The topological polar surface area (TPSA) is 67.0 Å². The highest BCUT2D eigenvalue weighted by Gasteiger charge is 2.15. The van der Waals surface area contributed by atoms with Crippen LogP contribution in [0.2, 0.25) is 0 Å². The van der Waals surface area contributed by atoms with Crippen LogP contribution < -0.4 is 10.9 Å². The molecule has 0 saturated heterocycles. The molecule has 2 N–H and O–H groups in total. The van der Waals surface area contributed by atoms with Gasteiger partial charge in [-0.15, -0.1) is 0 Å². The third-order valence-corrected chi connectivity index (χ3v) is 3.27. The largest absolute Gasteiger partial charge is 0.383 e. The average molecular weight is 337 g/mol. The van der Waals surface area contributed by atoms with Gasteiger partial charge in [-0.25, -0.2) is 4.98 Å². The van der Waals surface area contributed by atoms with Crippen molar-refractivity contribution in [2.75, 3.05) is 19.0 Å². The number of H-pyrrole nitrogens is 1.